The minimum absolute atomic E-state index is 0.111. The molecule has 0 saturated carbocycles. The van der Waals surface area contributed by atoms with Gasteiger partial charge < -0.3 is 9.84 Å². The molecule has 0 aliphatic heterocycles. The lowest BCUT2D eigenvalue weighted by atomic mass is 10.1. The van der Waals surface area contributed by atoms with E-state index in [-0.39, 0.29) is 11.3 Å². The normalized spacial score (nSPS) is 10.3. The molecule has 0 radical (unpaired) electrons. The first-order chi connectivity index (χ1) is 6.60. The quantitative estimate of drug-likeness (QED) is 0.764. The highest BCUT2D eigenvalue weighted by atomic mass is 19.3. The van der Waals surface area contributed by atoms with Crippen LogP contribution in [0.1, 0.15) is 22.3 Å². The summed E-state index contributed by atoms with van der Waals surface area (Å²) in [4.78, 5) is 10.4. The number of halogens is 2. The van der Waals surface area contributed by atoms with Crippen molar-refractivity contribution in [3.05, 3.63) is 23.3 Å². The molecule has 14 heavy (non-hydrogen) atoms. The minimum Gasteiger partial charge on any atom is -0.507 e. The zero-order chi connectivity index (χ0) is 10.7. The van der Waals surface area contributed by atoms with Gasteiger partial charge in [-0.1, -0.05) is 0 Å². The Morgan fingerprint density at radius 3 is 2.57 bits per heavy atom. The molecule has 0 aliphatic carbocycles. The molecule has 0 heterocycles. The summed E-state index contributed by atoms with van der Waals surface area (Å²) in [6.07, 6.45) is -2.55. The summed E-state index contributed by atoms with van der Waals surface area (Å²) < 4.78 is 29.4. The molecule has 1 aromatic rings. The average molecular weight is 202 g/mol. The second-order valence-corrected chi connectivity index (χ2v) is 2.57. The van der Waals surface area contributed by atoms with Gasteiger partial charge in [0.15, 0.2) is 6.29 Å². The summed E-state index contributed by atoms with van der Waals surface area (Å²) in [5, 5.41) is 9.21. The number of carbonyl (C=O) groups excluding carboxylic acids is 1. The van der Waals surface area contributed by atoms with E-state index in [0.29, 0.717) is 6.29 Å². The van der Waals surface area contributed by atoms with Gasteiger partial charge >= 0.3 is 0 Å². The molecule has 5 heteroatoms. The molecule has 0 amide bonds. The van der Waals surface area contributed by atoms with Crippen molar-refractivity contribution in [3.8, 4) is 11.5 Å². The molecule has 0 bridgehead atoms. The van der Waals surface area contributed by atoms with E-state index in [1.54, 1.807) is 0 Å². The van der Waals surface area contributed by atoms with Crippen molar-refractivity contribution in [3.63, 3.8) is 0 Å². The third-order valence-electron chi connectivity index (χ3n) is 1.74. The summed E-state index contributed by atoms with van der Waals surface area (Å²) in [5.41, 5.74) is -0.814. The summed E-state index contributed by atoms with van der Waals surface area (Å²) in [6.45, 7) is 0. The molecule has 0 unspecified atom stereocenters. The summed E-state index contributed by atoms with van der Waals surface area (Å²) in [7, 11) is 1.29. The van der Waals surface area contributed by atoms with Gasteiger partial charge in [-0.2, -0.15) is 0 Å². The van der Waals surface area contributed by atoms with Crippen LogP contribution in [-0.4, -0.2) is 18.5 Å². The number of rotatable bonds is 3. The molecule has 0 fully saturated rings. The molecule has 0 aliphatic rings. The fourth-order valence-electron chi connectivity index (χ4n) is 1.03. The maximum absolute atomic E-state index is 12.3. The van der Waals surface area contributed by atoms with Crippen molar-refractivity contribution in [1.29, 1.82) is 0 Å². The third kappa shape index (κ3) is 1.81. The van der Waals surface area contributed by atoms with Crippen molar-refractivity contribution in [2.75, 3.05) is 7.11 Å². The van der Waals surface area contributed by atoms with Crippen LogP contribution >= 0.6 is 0 Å². The number of alkyl halides is 2. The number of benzene rings is 1. The van der Waals surface area contributed by atoms with Gasteiger partial charge in [-0.15, -0.1) is 0 Å². The van der Waals surface area contributed by atoms with Crippen LogP contribution in [0.25, 0.3) is 0 Å². The number of carbonyl (C=O) groups is 1. The van der Waals surface area contributed by atoms with Crippen molar-refractivity contribution in [2.24, 2.45) is 0 Å². The SMILES string of the molecule is COc1cc(C=O)c(O)c(C(F)F)c1. The van der Waals surface area contributed by atoms with Gasteiger partial charge in [-0.05, 0) is 12.1 Å². The van der Waals surface area contributed by atoms with Crippen LogP contribution in [0.4, 0.5) is 8.78 Å². The van der Waals surface area contributed by atoms with Crippen LogP contribution in [0, 0.1) is 0 Å². The highest BCUT2D eigenvalue weighted by Gasteiger charge is 2.17. The maximum Gasteiger partial charge on any atom is 0.267 e. The molecule has 1 rings (SSSR count). The lowest BCUT2D eigenvalue weighted by Gasteiger charge is -2.08. The van der Waals surface area contributed by atoms with Crippen molar-refractivity contribution in [1.82, 2.24) is 0 Å². The van der Waals surface area contributed by atoms with E-state index in [0.717, 1.165) is 6.07 Å². The number of methoxy groups -OCH3 is 1. The monoisotopic (exact) mass is 202 g/mol. The molecule has 0 saturated heterocycles. The van der Waals surface area contributed by atoms with E-state index in [4.69, 9.17) is 4.74 Å². The Morgan fingerprint density at radius 1 is 1.50 bits per heavy atom. The topological polar surface area (TPSA) is 46.5 Å². The number of ether oxygens (including phenoxy) is 1. The predicted molar refractivity (Wildman–Crippen MR) is 45.0 cm³/mol. The van der Waals surface area contributed by atoms with Gasteiger partial charge in [0.1, 0.15) is 11.5 Å². The molecular weight excluding hydrogens is 194 g/mol. The number of hydrogen-bond donors (Lipinski definition) is 1. The van der Waals surface area contributed by atoms with Gasteiger partial charge in [0.05, 0.1) is 18.2 Å². The Kier molecular flexibility index (Phi) is 3.01. The maximum atomic E-state index is 12.3. The fourth-order valence-corrected chi connectivity index (χ4v) is 1.03. The predicted octanol–water partition coefficient (Wildman–Crippen LogP) is 2.15. The van der Waals surface area contributed by atoms with Crippen molar-refractivity contribution < 1.29 is 23.4 Å². The molecule has 0 spiro atoms. The van der Waals surface area contributed by atoms with Crippen LogP contribution in [0.15, 0.2) is 12.1 Å². The lowest BCUT2D eigenvalue weighted by Crippen LogP contribution is -1.93. The Bertz CT molecular complexity index is 350. The van der Waals surface area contributed by atoms with E-state index in [1.165, 1.54) is 13.2 Å². The Labute approximate surface area is 78.9 Å². The lowest BCUT2D eigenvalue weighted by molar-refractivity contribution is 0.111. The first-order valence-corrected chi connectivity index (χ1v) is 3.74. The highest BCUT2D eigenvalue weighted by molar-refractivity contribution is 5.81. The number of aldehydes is 1. The van der Waals surface area contributed by atoms with Crippen molar-refractivity contribution >= 4 is 6.29 Å². The van der Waals surface area contributed by atoms with E-state index < -0.39 is 17.7 Å². The van der Waals surface area contributed by atoms with Gasteiger partial charge in [-0.3, -0.25) is 4.79 Å². The number of hydrogen-bond acceptors (Lipinski definition) is 3. The van der Waals surface area contributed by atoms with Crippen molar-refractivity contribution in [2.45, 2.75) is 6.43 Å². The molecule has 76 valence electrons. The van der Waals surface area contributed by atoms with E-state index in [2.05, 4.69) is 0 Å². The molecule has 1 N–H and O–H groups in total. The zero-order valence-corrected chi connectivity index (χ0v) is 7.33. The molecule has 0 aromatic heterocycles. The number of aromatic hydroxyl groups is 1. The van der Waals surface area contributed by atoms with Crippen LogP contribution < -0.4 is 4.74 Å². The van der Waals surface area contributed by atoms with E-state index in [9.17, 15) is 18.7 Å². The second kappa shape index (κ2) is 4.04. The van der Waals surface area contributed by atoms with Gasteiger partial charge in [0.2, 0.25) is 0 Å². The minimum atomic E-state index is -2.84. The van der Waals surface area contributed by atoms with Crippen LogP contribution in [0.2, 0.25) is 0 Å². The van der Waals surface area contributed by atoms with Crippen LogP contribution in [-0.2, 0) is 0 Å². The van der Waals surface area contributed by atoms with E-state index in [1.807, 2.05) is 0 Å². The van der Waals surface area contributed by atoms with Crippen LogP contribution in [0.5, 0.6) is 11.5 Å². The standard InChI is InChI=1S/C9H8F2O3/c1-14-6-2-5(4-12)8(13)7(3-6)9(10)11/h2-4,9,13H,1H3. The third-order valence-corrected chi connectivity index (χ3v) is 1.74. The van der Waals surface area contributed by atoms with Gasteiger partial charge in [-0.25, -0.2) is 8.78 Å². The molecule has 1 aromatic carbocycles. The number of phenolic OH excluding ortho intramolecular Hbond substituents is 1. The highest BCUT2D eigenvalue weighted by Crippen LogP contribution is 2.34. The van der Waals surface area contributed by atoms with E-state index >= 15 is 0 Å². The average Bonchev–Trinajstić information content (AvgIpc) is 2.17. The Balaban J connectivity index is 3.34. The van der Waals surface area contributed by atoms with Gasteiger partial charge in [0.25, 0.3) is 6.43 Å². The first kappa shape index (κ1) is 10.4. The van der Waals surface area contributed by atoms with Gasteiger partial charge in [0, 0.05) is 0 Å². The Hall–Kier alpha value is -1.65. The molecular formula is C9H8F2O3. The fraction of sp³-hybridized carbons (Fsp3) is 0.222. The molecule has 3 nitrogen and oxygen atoms in total. The summed E-state index contributed by atoms with van der Waals surface area (Å²) >= 11 is 0. The first-order valence-electron chi connectivity index (χ1n) is 3.74. The number of phenols is 1. The second-order valence-electron chi connectivity index (χ2n) is 2.57. The summed E-state index contributed by atoms with van der Waals surface area (Å²) in [5.74, 6) is -0.587. The smallest absolute Gasteiger partial charge is 0.267 e. The van der Waals surface area contributed by atoms with Crippen LogP contribution in [0.3, 0.4) is 0 Å². The Morgan fingerprint density at radius 2 is 2.14 bits per heavy atom. The zero-order valence-electron chi connectivity index (χ0n) is 7.33. The largest absolute Gasteiger partial charge is 0.507 e. The summed E-state index contributed by atoms with van der Waals surface area (Å²) in [6, 6.07) is 2.18. The molecule has 0 atom stereocenters.